The van der Waals surface area contributed by atoms with Gasteiger partial charge in [-0.1, -0.05) is 18.2 Å². The molecule has 1 aliphatic rings. The summed E-state index contributed by atoms with van der Waals surface area (Å²) < 4.78 is 19.1. The number of nitrogens with zero attached hydrogens (tertiary/aromatic N) is 1. The van der Waals surface area contributed by atoms with Gasteiger partial charge in [-0.15, -0.1) is 0 Å². The molecular formula is C20H22FNO4. The number of hydrogen-bond donors (Lipinski definition) is 2. The van der Waals surface area contributed by atoms with Gasteiger partial charge in [0.15, 0.2) is 0 Å². The standard InChI is InChI=1S/C20H22FNO4/c1-20(25)10-11-22(12-18(20)23)19(24)14-6-8-16(9-7-14)26-13-15-4-2-3-5-17(15)21/h2-9,18,23,25H,10-13H2,1H3. The zero-order valence-electron chi connectivity index (χ0n) is 14.6. The summed E-state index contributed by atoms with van der Waals surface area (Å²) in [5.74, 6) is 0.00505. The monoisotopic (exact) mass is 359 g/mol. The van der Waals surface area contributed by atoms with Crippen molar-refractivity contribution in [3.63, 3.8) is 0 Å². The molecule has 1 saturated heterocycles. The highest BCUT2D eigenvalue weighted by Gasteiger charge is 2.38. The van der Waals surface area contributed by atoms with Crippen molar-refractivity contribution >= 4 is 5.91 Å². The first-order valence-electron chi connectivity index (χ1n) is 8.53. The van der Waals surface area contributed by atoms with Crippen LogP contribution in [0.2, 0.25) is 0 Å². The van der Waals surface area contributed by atoms with E-state index in [0.29, 0.717) is 29.8 Å². The summed E-state index contributed by atoms with van der Waals surface area (Å²) >= 11 is 0. The summed E-state index contributed by atoms with van der Waals surface area (Å²) in [4.78, 5) is 14.1. The lowest BCUT2D eigenvalue weighted by molar-refractivity contribution is -0.0999. The van der Waals surface area contributed by atoms with E-state index in [1.165, 1.54) is 11.0 Å². The number of aliphatic hydroxyl groups is 2. The van der Waals surface area contributed by atoms with Crippen molar-refractivity contribution in [2.45, 2.75) is 31.7 Å². The van der Waals surface area contributed by atoms with Gasteiger partial charge in [-0.25, -0.2) is 4.39 Å². The van der Waals surface area contributed by atoms with Gasteiger partial charge in [-0.3, -0.25) is 4.79 Å². The number of amides is 1. The zero-order chi connectivity index (χ0) is 18.7. The summed E-state index contributed by atoms with van der Waals surface area (Å²) in [6.45, 7) is 2.15. The first-order chi connectivity index (χ1) is 12.4. The lowest BCUT2D eigenvalue weighted by Gasteiger charge is -2.39. The number of aliphatic hydroxyl groups excluding tert-OH is 1. The predicted octanol–water partition coefficient (Wildman–Crippen LogP) is 2.36. The summed E-state index contributed by atoms with van der Waals surface area (Å²) in [7, 11) is 0. The number of piperidine rings is 1. The van der Waals surface area contributed by atoms with Gasteiger partial charge in [-0.05, 0) is 43.7 Å². The van der Waals surface area contributed by atoms with Gasteiger partial charge < -0.3 is 19.8 Å². The van der Waals surface area contributed by atoms with Crippen molar-refractivity contribution in [1.29, 1.82) is 0 Å². The van der Waals surface area contributed by atoms with E-state index in [0.717, 1.165) is 0 Å². The smallest absolute Gasteiger partial charge is 0.253 e. The van der Waals surface area contributed by atoms with E-state index in [9.17, 15) is 19.4 Å². The molecule has 0 radical (unpaired) electrons. The third kappa shape index (κ3) is 4.03. The van der Waals surface area contributed by atoms with Crippen LogP contribution in [0.15, 0.2) is 48.5 Å². The average Bonchev–Trinajstić information content (AvgIpc) is 2.63. The summed E-state index contributed by atoms with van der Waals surface area (Å²) in [6.07, 6.45) is -0.646. The molecular weight excluding hydrogens is 337 g/mol. The molecule has 3 rings (SSSR count). The molecule has 2 atom stereocenters. The molecule has 26 heavy (non-hydrogen) atoms. The van der Waals surface area contributed by atoms with Gasteiger partial charge in [0.1, 0.15) is 18.2 Å². The maximum atomic E-state index is 13.6. The van der Waals surface area contributed by atoms with Gasteiger partial charge >= 0.3 is 0 Å². The van der Waals surface area contributed by atoms with Crippen LogP contribution in [-0.2, 0) is 6.61 Å². The predicted molar refractivity (Wildman–Crippen MR) is 94.3 cm³/mol. The maximum absolute atomic E-state index is 13.6. The van der Waals surface area contributed by atoms with Crippen LogP contribution in [0.25, 0.3) is 0 Å². The fourth-order valence-corrected chi connectivity index (χ4v) is 2.86. The van der Waals surface area contributed by atoms with E-state index in [1.807, 2.05) is 0 Å². The Morgan fingerprint density at radius 2 is 1.96 bits per heavy atom. The summed E-state index contributed by atoms with van der Waals surface area (Å²) in [6, 6.07) is 13.0. The van der Waals surface area contributed by atoms with Crippen molar-refractivity contribution in [2.24, 2.45) is 0 Å². The minimum Gasteiger partial charge on any atom is -0.489 e. The normalized spacial score (nSPS) is 22.9. The lowest BCUT2D eigenvalue weighted by atomic mass is 9.90. The van der Waals surface area contributed by atoms with Crippen LogP contribution in [0, 0.1) is 5.82 Å². The average molecular weight is 359 g/mol. The second kappa shape index (κ2) is 7.43. The van der Waals surface area contributed by atoms with Crippen LogP contribution in [0.5, 0.6) is 5.75 Å². The minimum absolute atomic E-state index is 0.0946. The zero-order valence-corrected chi connectivity index (χ0v) is 14.6. The third-order valence-corrected chi connectivity index (χ3v) is 4.74. The first-order valence-corrected chi connectivity index (χ1v) is 8.53. The molecule has 1 heterocycles. The lowest BCUT2D eigenvalue weighted by Crippen LogP contribution is -2.55. The van der Waals surface area contributed by atoms with Crippen LogP contribution in [0.1, 0.15) is 29.3 Å². The van der Waals surface area contributed by atoms with Crippen molar-refractivity contribution in [3.8, 4) is 5.75 Å². The molecule has 138 valence electrons. The molecule has 6 heteroatoms. The molecule has 2 aromatic carbocycles. The van der Waals surface area contributed by atoms with Gasteiger partial charge in [0.05, 0.1) is 11.7 Å². The topological polar surface area (TPSA) is 70.0 Å². The summed E-state index contributed by atoms with van der Waals surface area (Å²) in [5.41, 5.74) is -0.236. The highest BCUT2D eigenvalue weighted by Crippen LogP contribution is 2.24. The Morgan fingerprint density at radius 3 is 2.62 bits per heavy atom. The van der Waals surface area contributed by atoms with Gasteiger partial charge in [-0.2, -0.15) is 0 Å². The Kier molecular flexibility index (Phi) is 5.25. The molecule has 0 aliphatic carbocycles. The summed E-state index contributed by atoms with van der Waals surface area (Å²) in [5, 5.41) is 19.9. The Labute approximate surface area is 151 Å². The number of rotatable bonds is 4. The molecule has 1 fully saturated rings. The molecule has 5 nitrogen and oxygen atoms in total. The molecule has 0 aromatic heterocycles. The van der Waals surface area contributed by atoms with E-state index >= 15 is 0 Å². The molecule has 1 amide bonds. The number of halogens is 1. The number of hydrogen-bond acceptors (Lipinski definition) is 4. The number of ether oxygens (including phenoxy) is 1. The van der Waals surface area contributed by atoms with Crippen molar-refractivity contribution in [3.05, 3.63) is 65.5 Å². The molecule has 0 saturated carbocycles. The van der Waals surface area contributed by atoms with E-state index < -0.39 is 11.7 Å². The molecule has 0 spiro atoms. The van der Waals surface area contributed by atoms with E-state index in [-0.39, 0.29) is 24.9 Å². The van der Waals surface area contributed by atoms with Crippen LogP contribution in [0.4, 0.5) is 4.39 Å². The quantitative estimate of drug-likeness (QED) is 0.879. The van der Waals surface area contributed by atoms with Crippen LogP contribution in [0.3, 0.4) is 0 Å². The third-order valence-electron chi connectivity index (χ3n) is 4.74. The number of likely N-dealkylation sites (tertiary alicyclic amines) is 1. The van der Waals surface area contributed by atoms with Gasteiger partial charge in [0, 0.05) is 24.2 Å². The van der Waals surface area contributed by atoms with Gasteiger partial charge in [0.2, 0.25) is 0 Å². The molecule has 2 N–H and O–H groups in total. The highest BCUT2D eigenvalue weighted by atomic mass is 19.1. The van der Waals surface area contributed by atoms with Crippen LogP contribution >= 0.6 is 0 Å². The minimum atomic E-state index is -1.17. The van der Waals surface area contributed by atoms with Crippen LogP contribution in [-0.4, -0.2) is 45.8 Å². The van der Waals surface area contributed by atoms with E-state index in [2.05, 4.69) is 0 Å². The van der Waals surface area contributed by atoms with Crippen LogP contribution < -0.4 is 4.74 Å². The molecule has 2 unspecified atom stereocenters. The number of benzene rings is 2. The number of β-amino-alcohol motifs (C(OH)–C–C–N with tert-alkyl or cyclic N) is 1. The molecule has 2 aromatic rings. The highest BCUT2D eigenvalue weighted by molar-refractivity contribution is 5.94. The largest absolute Gasteiger partial charge is 0.489 e. The SMILES string of the molecule is CC1(O)CCN(C(=O)c2ccc(OCc3ccccc3F)cc2)CC1O. The van der Waals surface area contributed by atoms with Gasteiger partial charge in [0.25, 0.3) is 5.91 Å². The van der Waals surface area contributed by atoms with Crippen molar-refractivity contribution < 1.29 is 24.1 Å². The Balaban J connectivity index is 1.61. The first kappa shape index (κ1) is 18.4. The number of carbonyl (C=O) groups excluding carboxylic acids is 1. The van der Waals surface area contributed by atoms with E-state index in [1.54, 1.807) is 49.4 Å². The fourth-order valence-electron chi connectivity index (χ4n) is 2.86. The number of carbonyl (C=O) groups is 1. The Morgan fingerprint density at radius 1 is 1.27 bits per heavy atom. The second-order valence-electron chi connectivity index (χ2n) is 6.78. The fraction of sp³-hybridized carbons (Fsp3) is 0.350. The maximum Gasteiger partial charge on any atom is 0.253 e. The Bertz CT molecular complexity index is 776. The molecule has 1 aliphatic heterocycles. The molecule has 0 bridgehead atoms. The van der Waals surface area contributed by atoms with E-state index in [4.69, 9.17) is 4.74 Å². The van der Waals surface area contributed by atoms with Crippen molar-refractivity contribution in [2.75, 3.05) is 13.1 Å². The van der Waals surface area contributed by atoms with Crippen molar-refractivity contribution in [1.82, 2.24) is 4.90 Å². The Hall–Kier alpha value is -2.44. The second-order valence-corrected chi connectivity index (χ2v) is 6.78.